The number of benzene rings is 2. The number of nitrogens with zero attached hydrogens (tertiary/aromatic N) is 1. The first kappa shape index (κ1) is 32.3. The van der Waals surface area contributed by atoms with E-state index >= 15 is 0 Å². The molecule has 0 radical (unpaired) electrons. The number of hydrogen-bond donors (Lipinski definition) is 4. The Morgan fingerprint density at radius 1 is 1.07 bits per heavy atom. The largest absolute Gasteiger partial charge is 0.507 e. The van der Waals surface area contributed by atoms with Gasteiger partial charge in [0.2, 0.25) is 5.78 Å². The van der Waals surface area contributed by atoms with Crippen LogP contribution in [0.5, 0.6) is 17.2 Å². The third kappa shape index (κ3) is 5.08. The van der Waals surface area contributed by atoms with Crippen molar-refractivity contribution in [3.05, 3.63) is 51.6 Å². The first-order valence-electron chi connectivity index (χ1n) is 14.4. The van der Waals surface area contributed by atoms with Gasteiger partial charge in [0, 0.05) is 55.1 Å². The monoisotopic (exact) mass is 633 g/mol. The van der Waals surface area contributed by atoms with E-state index in [9.17, 15) is 34.8 Å². The number of aliphatic hydroxyl groups excluding tert-OH is 1. The maximum absolute atomic E-state index is 13.8. The van der Waals surface area contributed by atoms with Gasteiger partial charge < -0.3 is 39.4 Å². The molecule has 4 N–H and O–H groups in total. The fraction of sp³-hybridized carbons (Fsp3) is 0.516. The molecule has 12 nitrogen and oxygen atoms in total. The number of morpholine rings is 1. The minimum atomic E-state index is -2.00. The van der Waals surface area contributed by atoms with E-state index in [0.717, 1.165) is 0 Å². The lowest BCUT2D eigenvalue weighted by atomic mass is 9.72. The molecule has 2 aromatic carbocycles. The van der Waals surface area contributed by atoms with Gasteiger partial charge in [0.25, 0.3) is 0 Å². The third-order valence-corrected chi connectivity index (χ3v) is 9.24. The van der Waals surface area contributed by atoms with Gasteiger partial charge in [-0.15, -0.1) is 12.4 Å². The van der Waals surface area contributed by atoms with E-state index in [2.05, 4.69) is 4.90 Å². The molecule has 6 rings (SSSR count). The fourth-order valence-electron chi connectivity index (χ4n) is 6.87. The summed E-state index contributed by atoms with van der Waals surface area (Å²) in [6, 6.07) is 4.15. The van der Waals surface area contributed by atoms with E-state index in [-0.39, 0.29) is 59.3 Å². The van der Waals surface area contributed by atoms with Crippen LogP contribution in [0.15, 0.2) is 18.2 Å². The Bertz CT molecular complexity index is 1510. The third-order valence-electron chi connectivity index (χ3n) is 9.24. The molecule has 0 saturated carbocycles. The van der Waals surface area contributed by atoms with Crippen LogP contribution >= 0.6 is 12.4 Å². The van der Waals surface area contributed by atoms with Gasteiger partial charge in [-0.1, -0.05) is 12.1 Å². The van der Waals surface area contributed by atoms with Gasteiger partial charge in [-0.2, -0.15) is 0 Å². The number of rotatable bonds is 5. The van der Waals surface area contributed by atoms with Crippen molar-refractivity contribution in [3.8, 4) is 17.2 Å². The Morgan fingerprint density at radius 3 is 2.41 bits per heavy atom. The minimum absolute atomic E-state index is 0. The number of aliphatic hydroxyl groups is 2. The molecule has 2 heterocycles. The van der Waals surface area contributed by atoms with Crippen LogP contribution in [0.2, 0.25) is 0 Å². The van der Waals surface area contributed by atoms with E-state index in [0.29, 0.717) is 26.3 Å². The molecule has 5 unspecified atom stereocenters. The first-order valence-corrected chi connectivity index (χ1v) is 14.4. The molecule has 4 aliphatic rings. The zero-order valence-corrected chi connectivity index (χ0v) is 25.4. The number of carbonyl (C=O) groups is 3. The molecular weight excluding hydrogens is 598 g/mol. The molecule has 0 spiro atoms. The van der Waals surface area contributed by atoms with Crippen LogP contribution in [-0.2, 0) is 25.4 Å². The average molecular weight is 634 g/mol. The topological polar surface area (TPSA) is 172 Å². The fourth-order valence-corrected chi connectivity index (χ4v) is 6.87. The second-order valence-corrected chi connectivity index (χ2v) is 11.7. The van der Waals surface area contributed by atoms with Gasteiger partial charge in [-0.3, -0.25) is 19.3 Å². The molecule has 2 aromatic rings. The zero-order chi connectivity index (χ0) is 30.8. The summed E-state index contributed by atoms with van der Waals surface area (Å²) >= 11 is 0. The van der Waals surface area contributed by atoms with Gasteiger partial charge >= 0.3 is 0 Å². The second kappa shape index (κ2) is 12.0. The first-order chi connectivity index (χ1) is 20.5. The molecule has 2 saturated heterocycles. The highest BCUT2D eigenvalue weighted by atomic mass is 35.5. The van der Waals surface area contributed by atoms with Crippen molar-refractivity contribution in [1.82, 2.24) is 4.90 Å². The maximum atomic E-state index is 13.8. The number of halogens is 1. The summed E-state index contributed by atoms with van der Waals surface area (Å²) in [5.41, 5.74) is -2.93. The van der Waals surface area contributed by atoms with Gasteiger partial charge in [-0.05, 0) is 19.9 Å². The lowest BCUT2D eigenvalue weighted by molar-refractivity contribution is -0.260. The number of methoxy groups -OCH3 is 1. The summed E-state index contributed by atoms with van der Waals surface area (Å²) in [6.45, 7) is 5.18. The lowest BCUT2D eigenvalue weighted by Crippen LogP contribution is -2.58. The van der Waals surface area contributed by atoms with Crippen LogP contribution < -0.4 is 4.74 Å². The van der Waals surface area contributed by atoms with Crippen LogP contribution in [0.1, 0.15) is 75.8 Å². The highest BCUT2D eigenvalue weighted by molar-refractivity contribution is 6.31. The average Bonchev–Trinajstić information content (AvgIpc) is 2.99. The number of hydrogen-bond acceptors (Lipinski definition) is 12. The zero-order valence-electron chi connectivity index (χ0n) is 24.6. The van der Waals surface area contributed by atoms with Crippen molar-refractivity contribution in [2.24, 2.45) is 0 Å². The van der Waals surface area contributed by atoms with Crippen molar-refractivity contribution in [1.29, 1.82) is 0 Å². The van der Waals surface area contributed by atoms with Crippen molar-refractivity contribution < 1.29 is 53.8 Å². The molecule has 44 heavy (non-hydrogen) atoms. The van der Waals surface area contributed by atoms with Gasteiger partial charge in [-0.25, -0.2) is 0 Å². The van der Waals surface area contributed by atoms with Crippen LogP contribution in [-0.4, -0.2) is 106 Å². The predicted octanol–water partition coefficient (Wildman–Crippen LogP) is 1.82. The van der Waals surface area contributed by atoms with E-state index in [1.165, 1.54) is 32.2 Å². The highest BCUT2D eigenvalue weighted by Gasteiger charge is 2.50. The highest BCUT2D eigenvalue weighted by Crippen LogP contribution is 2.52. The molecular formula is C31H36ClNO11. The summed E-state index contributed by atoms with van der Waals surface area (Å²) in [4.78, 5) is 42.2. The Labute approximate surface area is 259 Å². The lowest BCUT2D eigenvalue weighted by Gasteiger charge is -2.46. The molecule has 6 atom stereocenters. The Kier molecular flexibility index (Phi) is 8.82. The van der Waals surface area contributed by atoms with E-state index in [1.54, 1.807) is 6.92 Å². The second-order valence-electron chi connectivity index (χ2n) is 11.7. The predicted molar refractivity (Wildman–Crippen MR) is 156 cm³/mol. The van der Waals surface area contributed by atoms with Crippen molar-refractivity contribution in [3.63, 3.8) is 0 Å². The van der Waals surface area contributed by atoms with Crippen LogP contribution in [0.25, 0.3) is 0 Å². The molecule has 0 bridgehead atoms. The standard InChI is InChI=1S/C31H35NO11.ClH/c1-14-26(34)18(32-7-9-41-10-8-32)11-21(42-14)43-20-13-31(39,15(2)33)12-17-23(20)30(38)25-24(28(17)36)27(35)16-5-4-6-19(40-3)22(16)29(25)37;/h4-6,14,18,20-21,26,34,36,38-39H,7-13H2,1-3H3;1H/t14?,18?,20?,21?,26?,31-;/m0./s1. The number of phenols is 2. The molecule has 13 heteroatoms. The maximum Gasteiger partial charge on any atom is 0.202 e. The number of carbonyl (C=O) groups excluding carboxylic acids is 3. The van der Waals surface area contributed by atoms with E-state index in [1.807, 2.05) is 0 Å². The van der Waals surface area contributed by atoms with Crippen LogP contribution in [0.4, 0.5) is 0 Å². The molecule has 0 amide bonds. The van der Waals surface area contributed by atoms with Crippen molar-refractivity contribution in [2.75, 3.05) is 33.4 Å². The normalized spacial score (nSPS) is 30.1. The molecule has 2 aliphatic carbocycles. The minimum Gasteiger partial charge on any atom is -0.507 e. The Hall–Kier alpha value is -3.10. The molecule has 238 valence electrons. The number of fused-ring (bicyclic) bond motifs is 3. The number of ketones is 3. The summed E-state index contributed by atoms with van der Waals surface area (Å²) in [5.74, 6) is -3.08. The molecule has 2 aliphatic heterocycles. The molecule has 0 aromatic heterocycles. The quantitative estimate of drug-likeness (QED) is 0.301. The SMILES string of the molecule is COc1cccc2c1C(=O)c1c(O)c3c(c(O)c1C2=O)C[C@@](O)(C(C)=O)CC3OC1CC(N2CCOCC2)C(O)C(C)O1.Cl. The van der Waals surface area contributed by atoms with Gasteiger partial charge in [0.05, 0.1) is 55.3 Å². The Balaban J connectivity index is 0.00000384. The summed E-state index contributed by atoms with van der Waals surface area (Å²) < 4.78 is 23.1. The van der Waals surface area contributed by atoms with Crippen molar-refractivity contribution >= 4 is 29.8 Å². The number of phenolic OH excluding ortho intramolecular Hbond substituents is 2. The number of ether oxygens (including phenoxy) is 4. The van der Waals surface area contributed by atoms with Crippen molar-refractivity contribution in [2.45, 2.75) is 69.4 Å². The van der Waals surface area contributed by atoms with Gasteiger partial charge in [0.15, 0.2) is 17.9 Å². The van der Waals surface area contributed by atoms with Gasteiger partial charge in [0.1, 0.15) is 22.8 Å². The Morgan fingerprint density at radius 2 is 1.75 bits per heavy atom. The summed E-state index contributed by atoms with van der Waals surface area (Å²) in [7, 11) is 1.35. The van der Waals surface area contributed by atoms with E-state index in [4.69, 9.17) is 18.9 Å². The summed E-state index contributed by atoms with van der Waals surface area (Å²) in [6.07, 6.45) is -4.07. The molecule has 2 fully saturated rings. The smallest absolute Gasteiger partial charge is 0.202 e. The van der Waals surface area contributed by atoms with E-state index < -0.39 is 76.6 Å². The van der Waals surface area contributed by atoms with Crippen LogP contribution in [0.3, 0.4) is 0 Å². The van der Waals surface area contributed by atoms with Crippen LogP contribution in [0, 0.1) is 0 Å². The summed E-state index contributed by atoms with van der Waals surface area (Å²) in [5, 5.41) is 45.5. The number of aromatic hydroxyl groups is 2. The number of Topliss-reactive ketones (excluding diaryl/α,β-unsaturated/α-hetero) is 1.